The molecule has 0 spiro atoms. The van der Waals surface area contributed by atoms with Crippen molar-refractivity contribution in [2.75, 3.05) is 43.3 Å². The van der Waals surface area contributed by atoms with Crippen LogP contribution >= 0.6 is 0 Å². The SMILES string of the molecule is C=C(C)C(=O)Nc1nc(/C=C/c2ccc(N(C)C)cc2)cc(/C=C/c2ccc(N(C)C)cc2)n1. The quantitative estimate of drug-likeness (QED) is 0.459. The van der Waals surface area contributed by atoms with Crippen molar-refractivity contribution < 1.29 is 4.79 Å². The van der Waals surface area contributed by atoms with Crippen molar-refractivity contribution in [1.82, 2.24) is 9.97 Å². The summed E-state index contributed by atoms with van der Waals surface area (Å²) in [5, 5.41) is 2.72. The summed E-state index contributed by atoms with van der Waals surface area (Å²) in [5.41, 5.74) is 6.14. The lowest BCUT2D eigenvalue weighted by molar-refractivity contribution is -0.112. The van der Waals surface area contributed by atoms with Gasteiger partial charge in [0, 0.05) is 45.1 Å². The van der Waals surface area contributed by atoms with E-state index in [0.717, 1.165) is 22.5 Å². The molecule has 1 N–H and O–H groups in total. The molecule has 6 nitrogen and oxygen atoms in total. The number of aromatic nitrogens is 2. The zero-order valence-electron chi connectivity index (χ0n) is 20.4. The van der Waals surface area contributed by atoms with E-state index >= 15 is 0 Å². The standard InChI is InChI=1S/C28H31N5O/c1-20(2)27(34)31-28-29-23(13-7-21-9-15-25(16-10-21)32(3)4)19-24(30-28)14-8-22-11-17-26(18-12-22)33(5)6/h7-19H,1H2,2-6H3,(H,29,30,31,34)/b13-7+,14-8+. The molecule has 1 aromatic heterocycles. The Morgan fingerprint density at radius 1 is 0.765 bits per heavy atom. The second-order valence-electron chi connectivity index (χ2n) is 8.41. The number of amides is 1. The van der Waals surface area contributed by atoms with Crippen LogP contribution in [0.4, 0.5) is 17.3 Å². The number of rotatable bonds is 8. The van der Waals surface area contributed by atoms with Gasteiger partial charge in [-0.3, -0.25) is 10.1 Å². The third-order valence-electron chi connectivity index (χ3n) is 5.09. The maximum atomic E-state index is 12.1. The first-order valence-electron chi connectivity index (χ1n) is 11.0. The summed E-state index contributed by atoms with van der Waals surface area (Å²) < 4.78 is 0. The second kappa shape index (κ2) is 11.1. The molecule has 1 heterocycles. The minimum absolute atomic E-state index is 0.237. The van der Waals surface area contributed by atoms with E-state index < -0.39 is 0 Å². The van der Waals surface area contributed by atoms with Gasteiger partial charge in [-0.15, -0.1) is 0 Å². The van der Waals surface area contributed by atoms with Crippen LogP contribution in [0.3, 0.4) is 0 Å². The molecular weight excluding hydrogens is 422 g/mol. The molecule has 0 fully saturated rings. The van der Waals surface area contributed by atoms with Crippen molar-refractivity contribution >= 4 is 47.5 Å². The third-order valence-corrected chi connectivity index (χ3v) is 5.09. The van der Waals surface area contributed by atoms with Crippen LogP contribution in [0.25, 0.3) is 24.3 Å². The van der Waals surface area contributed by atoms with Crippen LogP contribution in [0.5, 0.6) is 0 Å². The van der Waals surface area contributed by atoms with Gasteiger partial charge < -0.3 is 9.80 Å². The summed E-state index contributed by atoms with van der Waals surface area (Å²) in [6.07, 6.45) is 7.79. The average molecular weight is 454 g/mol. The first-order valence-corrected chi connectivity index (χ1v) is 11.0. The van der Waals surface area contributed by atoms with Gasteiger partial charge in [0.1, 0.15) is 0 Å². The zero-order chi connectivity index (χ0) is 24.7. The summed E-state index contributed by atoms with van der Waals surface area (Å²) in [6, 6.07) is 18.3. The normalized spacial score (nSPS) is 11.1. The van der Waals surface area contributed by atoms with E-state index in [2.05, 4.69) is 80.2 Å². The maximum Gasteiger partial charge on any atom is 0.253 e. The van der Waals surface area contributed by atoms with Crippen molar-refractivity contribution in [2.45, 2.75) is 6.92 Å². The Morgan fingerprint density at radius 2 is 1.18 bits per heavy atom. The van der Waals surface area contributed by atoms with Crippen LogP contribution in [0.2, 0.25) is 0 Å². The first-order chi connectivity index (χ1) is 16.2. The Kier molecular flexibility index (Phi) is 7.98. The van der Waals surface area contributed by atoms with Crippen LogP contribution in [-0.4, -0.2) is 44.1 Å². The Balaban J connectivity index is 1.88. The van der Waals surface area contributed by atoms with Crippen LogP contribution in [0.1, 0.15) is 29.4 Å². The highest BCUT2D eigenvalue weighted by Crippen LogP contribution is 2.17. The number of hydrogen-bond donors (Lipinski definition) is 1. The second-order valence-corrected chi connectivity index (χ2v) is 8.41. The Hall–Kier alpha value is -4.19. The molecule has 3 aromatic rings. The number of anilines is 3. The molecule has 0 atom stereocenters. The third kappa shape index (κ3) is 6.90. The Morgan fingerprint density at radius 3 is 1.53 bits per heavy atom. The van der Waals surface area contributed by atoms with Crippen LogP contribution < -0.4 is 15.1 Å². The fraction of sp³-hybridized carbons (Fsp3) is 0.179. The van der Waals surface area contributed by atoms with Gasteiger partial charge in [0.15, 0.2) is 0 Å². The van der Waals surface area contributed by atoms with Gasteiger partial charge in [-0.05, 0) is 60.5 Å². The molecule has 0 unspecified atom stereocenters. The van der Waals surface area contributed by atoms with E-state index in [9.17, 15) is 4.79 Å². The van der Waals surface area contributed by atoms with Gasteiger partial charge in [-0.1, -0.05) is 43.0 Å². The fourth-order valence-corrected chi connectivity index (χ4v) is 3.05. The minimum atomic E-state index is -0.311. The van der Waals surface area contributed by atoms with Crippen molar-refractivity contribution in [3.8, 4) is 0 Å². The predicted octanol–water partition coefficient (Wildman–Crippen LogP) is 5.46. The van der Waals surface area contributed by atoms with Crippen molar-refractivity contribution in [2.24, 2.45) is 0 Å². The molecular formula is C28H31N5O. The van der Waals surface area contributed by atoms with Crippen LogP contribution in [0.15, 0.2) is 66.7 Å². The fourth-order valence-electron chi connectivity index (χ4n) is 3.05. The molecule has 0 saturated carbocycles. The van der Waals surface area contributed by atoms with Crippen LogP contribution in [-0.2, 0) is 4.79 Å². The molecule has 0 aliphatic carbocycles. The number of carbonyl (C=O) groups excluding carboxylic acids is 1. The molecule has 0 bridgehead atoms. The van der Waals surface area contributed by atoms with E-state index in [1.165, 1.54) is 0 Å². The Labute approximate surface area is 202 Å². The zero-order valence-corrected chi connectivity index (χ0v) is 20.4. The highest BCUT2D eigenvalue weighted by atomic mass is 16.1. The molecule has 6 heteroatoms. The molecule has 174 valence electrons. The van der Waals surface area contributed by atoms with E-state index in [0.29, 0.717) is 17.0 Å². The van der Waals surface area contributed by atoms with Gasteiger partial charge in [0.25, 0.3) is 5.91 Å². The number of nitrogens with zero attached hydrogens (tertiary/aromatic N) is 4. The van der Waals surface area contributed by atoms with Gasteiger partial charge >= 0.3 is 0 Å². The maximum absolute atomic E-state index is 12.1. The summed E-state index contributed by atoms with van der Waals surface area (Å²) in [7, 11) is 8.05. The highest BCUT2D eigenvalue weighted by Gasteiger charge is 2.07. The summed E-state index contributed by atoms with van der Waals surface area (Å²) in [4.78, 5) is 25.2. The van der Waals surface area contributed by atoms with E-state index in [1.54, 1.807) is 6.92 Å². The molecule has 0 aliphatic heterocycles. The van der Waals surface area contributed by atoms with Gasteiger partial charge in [0.05, 0.1) is 11.4 Å². The monoisotopic (exact) mass is 453 g/mol. The number of hydrogen-bond acceptors (Lipinski definition) is 5. The molecule has 0 saturated heterocycles. The first kappa shape index (κ1) is 24.5. The number of nitrogens with one attached hydrogen (secondary N) is 1. The van der Waals surface area contributed by atoms with Crippen LogP contribution in [0, 0.1) is 0 Å². The highest BCUT2D eigenvalue weighted by molar-refractivity contribution is 6.01. The molecule has 3 rings (SSSR count). The predicted molar refractivity (Wildman–Crippen MR) is 145 cm³/mol. The van der Waals surface area contributed by atoms with E-state index in [-0.39, 0.29) is 11.9 Å². The summed E-state index contributed by atoms with van der Waals surface area (Å²) in [6.45, 7) is 5.33. The lowest BCUT2D eigenvalue weighted by atomic mass is 10.1. The lowest BCUT2D eigenvalue weighted by Gasteiger charge is -2.11. The topological polar surface area (TPSA) is 61.4 Å². The number of carbonyl (C=O) groups is 1. The van der Waals surface area contributed by atoms with Crippen molar-refractivity contribution in [1.29, 1.82) is 0 Å². The molecule has 0 radical (unpaired) electrons. The van der Waals surface area contributed by atoms with Crippen molar-refractivity contribution in [3.63, 3.8) is 0 Å². The van der Waals surface area contributed by atoms with Gasteiger partial charge in [0.2, 0.25) is 5.95 Å². The summed E-state index contributed by atoms with van der Waals surface area (Å²) >= 11 is 0. The molecule has 2 aromatic carbocycles. The largest absolute Gasteiger partial charge is 0.378 e. The Bertz CT molecular complexity index is 1130. The molecule has 1 amide bonds. The number of benzene rings is 2. The smallest absolute Gasteiger partial charge is 0.253 e. The van der Waals surface area contributed by atoms with E-state index in [4.69, 9.17) is 0 Å². The average Bonchev–Trinajstić information content (AvgIpc) is 2.81. The van der Waals surface area contributed by atoms with E-state index in [1.807, 2.05) is 58.6 Å². The lowest BCUT2D eigenvalue weighted by Crippen LogP contribution is -2.15. The van der Waals surface area contributed by atoms with Gasteiger partial charge in [-0.2, -0.15) is 0 Å². The summed E-state index contributed by atoms with van der Waals surface area (Å²) in [5.74, 6) is -0.0738. The molecule has 34 heavy (non-hydrogen) atoms. The van der Waals surface area contributed by atoms with Crippen molar-refractivity contribution in [3.05, 3.63) is 89.3 Å². The minimum Gasteiger partial charge on any atom is -0.378 e. The van der Waals surface area contributed by atoms with Gasteiger partial charge in [-0.25, -0.2) is 9.97 Å². The molecule has 0 aliphatic rings.